The quantitative estimate of drug-likeness (QED) is 0.195. The van der Waals surface area contributed by atoms with E-state index in [9.17, 15) is 9.90 Å². The zero-order valence-electron chi connectivity index (χ0n) is 24.9. The summed E-state index contributed by atoms with van der Waals surface area (Å²) in [4.78, 5) is 14.7. The van der Waals surface area contributed by atoms with Crippen LogP contribution in [0.4, 0.5) is 0 Å². The minimum atomic E-state index is -0.519. The highest BCUT2D eigenvalue weighted by molar-refractivity contribution is 5.94. The molecule has 0 spiro atoms. The van der Waals surface area contributed by atoms with Crippen molar-refractivity contribution in [3.63, 3.8) is 0 Å². The highest BCUT2D eigenvalue weighted by Crippen LogP contribution is 2.42. The fraction of sp³-hybridized carbons (Fsp3) is 0.270. The second-order valence-corrected chi connectivity index (χ2v) is 11.2. The van der Waals surface area contributed by atoms with Crippen molar-refractivity contribution in [1.82, 2.24) is 10.2 Å². The number of rotatable bonds is 11. The Hall–Kier alpha value is -4.07. The summed E-state index contributed by atoms with van der Waals surface area (Å²) >= 11 is 0. The van der Waals surface area contributed by atoms with Crippen LogP contribution in [0.5, 0.6) is 0 Å². The first-order valence-corrected chi connectivity index (χ1v) is 14.8. The van der Waals surface area contributed by atoms with Gasteiger partial charge in [-0.25, -0.2) is 0 Å². The van der Waals surface area contributed by atoms with Crippen LogP contribution >= 0.6 is 0 Å². The van der Waals surface area contributed by atoms with Gasteiger partial charge < -0.3 is 24.8 Å². The van der Waals surface area contributed by atoms with E-state index in [1.165, 1.54) is 0 Å². The number of nitrogens with zero attached hydrogens (tertiary/aromatic N) is 1. The molecule has 0 bridgehead atoms. The molecular formula is C37H40N2O4. The Balaban J connectivity index is 1.31. The van der Waals surface area contributed by atoms with Crippen LogP contribution in [-0.4, -0.2) is 42.2 Å². The van der Waals surface area contributed by atoms with Crippen LogP contribution in [0.15, 0.2) is 116 Å². The lowest BCUT2D eigenvalue weighted by Crippen LogP contribution is -2.43. The highest BCUT2D eigenvalue weighted by Gasteiger charge is 2.38. The Morgan fingerprint density at radius 2 is 1.60 bits per heavy atom. The number of hydrogen-bond acceptors (Lipinski definition) is 5. The molecule has 1 amide bonds. The van der Waals surface area contributed by atoms with E-state index in [1.807, 2.05) is 72.8 Å². The molecule has 6 heteroatoms. The first-order chi connectivity index (χ1) is 20.9. The van der Waals surface area contributed by atoms with E-state index >= 15 is 0 Å². The van der Waals surface area contributed by atoms with E-state index in [2.05, 4.69) is 67.2 Å². The normalized spacial score (nSPS) is 20.1. The standard InChI is InChI=1S/C37H40N2O4/c1-4-21-39(3)24-34-26(2)35(30-15-13-27(25-40)14-16-30)43-37(42-34)32-19-17-29(18-20-32)33-12-8-9-28(22-33)23-38-36(41)31-10-6-5-7-11-31/h4-20,22,26,34-35,37,40H,1,21,23-25H2,2-3H3,(H,38,41)/t26-,34+,35+,37+/m1/s1. The summed E-state index contributed by atoms with van der Waals surface area (Å²) in [5.41, 5.74) is 6.72. The monoisotopic (exact) mass is 576 g/mol. The molecule has 0 unspecified atom stereocenters. The van der Waals surface area contributed by atoms with Gasteiger partial charge in [0.2, 0.25) is 0 Å². The summed E-state index contributed by atoms with van der Waals surface area (Å²) in [6.45, 7) is 8.04. The zero-order valence-corrected chi connectivity index (χ0v) is 24.9. The van der Waals surface area contributed by atoms with Gasteiger partial charge in [-0.3, -0.25) is 4.79 Å². The number of carbonyl (C=O) groups excluding carboxylic acids is 1. The maximum absolute atomic E-state index is 12.5. The summed E-state index contributed by atoms with van der Waals surface area (Å²) in [7, 11) is 2.07. The van der Waals surface area contributed by atoms with Gasteiger partial charge in [0, 0.05) is 36.7 Å². The Bertz CT molecular complexity index is 1490. The maximum atomic E-state index is 12.5. The van der Waals surface area contributed by atoms with Crippen molar-refractivity contribution in [1.29, 1.82) is 0 Å². The topological polar surface area (TPSA) is 71.0 Å². The van der Waals surface area contributed by atoms with Crippen LogP contribution in [0.3, 0.4) is 0 Å². The highest BCUT2D eigenvalue weighted by atomic mass is 16.7. The van der Waals surface area contributed by atoms with Gasteiger partial charge in [-0.1, -0.05) is 97.9 Å². The number of aliphatic hydroxyl groups is 1. The molecule has 0 radical (unpaired) electrons. The number of carbonyl (C=O) groups is 1. The molecule has 1 fully saturated rings. The number of amides is 1. The van der Waals surface area contributed by atoms with Crippen molar-refractivity contribution in [2.75, 3.05) is 20.1 Å². The number of hydrogen-bond donors (Lipinski definition) is 2. The van der Waals surface area contributed by atoms with Gasteiger partial charge in [-0.05, 0) is 53.1 Å². The third kappa shape index (κ3) is 7.66. The van der Waals surface area contributed by atoms with E-state index in [4.69, 9.17) is 9.47 Å². The van der Waals surface area contributed by atoms with Crippen LogP contribution in [0.1, 0.15) is 51.9 Å². The van der Waals surface area contributed by atoms with Crippen LogP contribution < -0.4 is 5.32 Å². The molecular weight excluding hydrogens is 536 g/mol. The lowest BCUT2D eigenvalue weighted by atomic mass is 9.90. The molecule has 1 heterocycles. The number of benzene rings is 4. The van der Waals surface area contributed by atoms with Crippen LogP contribution in [0.2, 0.25) is 0 Å². The molecule has 43 heavy (non-hydrogen) atoms. The van der Waals surface area contributed by atoms with Gasteiger partial charge >= 0.3 is 0 Å². The number of aliphatic hydroxyl groups excluding tert-OH is 1. The lowest BCUT2D eigenvalue weighted by Gasteiger charge is -2.42. The Morgan fingerprint density at radius 3 is 2.30 bits per heavy atom. The first-order valence-electron chi connectivity index (χ1n) is 14.8. The van der Waals surface area contributed by atoms with Gasteiger partial charge in [0.15, 0.2) is 6.29 Å². The smallest absolute Gasteiger partial charge is 0.251 e. The molecule has 0 saturated carbocycles. The van der Waals surface area contributed by atoms with Crippen molar-refractivity contribution >= 4 is 5.91 Å². The van der Waals surface area contributed by atoms with Gasteiger partial charge in [0.25, 0.3) is 5.91 Å². The average Bonchev–Trinajstić information content (AvgIpc) is 3.05. The molecule has 1 aliphatic rings. The largest absolute Gasteiger partial charge is 0.392 e. The Labute approximate surface area is 254 Å². The Morgan fingerprint density at radius 1 is 0.884 bits per heavy atom. The summed E-state index contributed by atoms with van der Waals surface area (Å²) in [5.74, 6) is 0.0293. The number of nitrogens with one attached hydrogen (secondary N) is 1. The van der Waals surface area contributed by atoms with E-state index in [0.29, 0.717) is 12.1 Å². The van der Waals surface area contributed by atoms with Gasteiger partial charge in [-0.15, -0.1) is 6.58 Å². The predicted octanol–water partition coefficient (Wildman–Crippen LogP) is 6.69. The van der Waals surface area contributed by atoms with Gasteiger partial charge in [0.05, 0.1) is 18.8 Å². The SMILES string of the molecule is C=CCN(C)C[C@@H]1O[C@H](c2ccc(-c3cccc(CNC(=O)c4ccccc4)c3)cc2)O[C@H](c2ccc(CO)cc2)[C@@H]1C. The molecule has 6 nitrogen and oxygen atoms in total. The maximum Gasteiger partial charge on any atom is 0.251 e. The van der Waals surface area contributed by atoms with E-state index in [0.717, 1.165) is 46.5 Å². The molecule has 4 atom stereocenters. The lowest BCUT2D eigenvalue weighted by molar-refractivity contribution is -0.275. The summed E-state index contributed by atoms with van der Waals surface area (Å²) in [6, 6.07) is 33.7. The van der Waals surface area contributed by atoms with Crippen molar-refractivity contribution in [3.8, 4) is 11.1 Å². The number of likely N-dealkylation sites (N-methyl/N-ethyl adjacent to an activating group) is 1. The number of ether oxygens (including phenoxy) is 2. The van der Waals surface area contributed by atoms with Crippen molar-refractivity contribution < 1.29 is 19.4 Å². The zero-order chi connectivity index (χ0) is 30.2. The fourth-order valence-electron chi connectivity index (χ4n) is 5.50. The third-order valence-electron chi connectivity index (χ3n) is 7.99. The van der Waals surface area contributed by atoms with Crippen LogP contribution in [-0.2, 0) is 22.6 Å². The Kier molecular flexibility index (Phi) is 10.2. The van der Waals surface area contributed by atoms with E-state index in [-0.39, 0.29) is 30.6 Å². The second kappa shape index (κ2) is 14.4. The molecule has 1 saturated heterocycles. The molecule has 2 N–H and O–H groups in total. The van der Waals surface area contributed by atoms with Crippen molar-refractivity contribution in [2.45, 2.75) is 38.6 Å². The first kappa shape index (κ1) is 30.4. The summed E-state index contributed by atoms with van der Waals surface area (Å²) < 4.78 is 13.2. The minimum absolute atomic E-state index is 0.0135. The summed E-state index contributed by atoms with van der Waals surface area (Å²) in [6.07, 6.45) is 1.18. The fourth-order valence-corrected chi connectivity index (χ4v) is 5.50. The predicted molar refractivity (Wildman–Crippen MR) is 170 cm³/mol. The average molecular weight is 577 g/mol. The van der Waals surface area contributed by atoms with Crippen molar-refractivity contribution in [2.24, 2.45) is 5.92 Å². The molecule has 0 aromatic heterocycles. The molecule has 1 aliphatic heterocycles. The third-order valence-corrected chi connectivity index (χ3v) is 7.99. The molecule has 5 rings (SSSR count). The molecule has 4 aromatic rings. The molecule has 4 aromatic carbocycles. The second-order valence-electron chi connectivity index (χ2n) is 11.2. The van der Waals surface area contributed by atoms with Crippen LogP contribution in [0, 0.1) is 5.92 Å². The minimum Gasteiger partial charge on any atom is -0.392 e. The molecule has 0 aliphatic carbocycles. The van der Waals surface area contributed by atoms with E-state index in [1.54, 1.807) is 0 Å². The summed E-state index contributed by atoms with van der Waals surface area (Å²) in [5, 5.41) is 12.5. The van der Waals surface area contributed by atoms with Gasteiger partial charge in [-0.2, -0.15) is 0 Å². The van der Waals surface area contributed by atoms with E-state index < -0.39 is 6.29 Å². The molecule has 222 valence electrons. The van der Waals surface area contributed by atoms with Gasteiger partial charge in [0.1, 0.15) is 0 Å². The van der Waals surface area contributed by atoms with Crippen molar-refractivity contribution in [3.05, 3.63) is 144 Å². The van der Waals surface area contributed by atoms with Crippen LogP contribution in [0.25, 0.3) is 11.1 Å².